The van der Waals surface area contributed by atoms with E-state index < -0.39 is 0 Å². The highest BCUT2D eigenvalue weighted by Crippen LogP contribution is 2.35. The van der Waals surface area contributed by atoms with Gasteiger partial charge in [-0.3, -0.25) is 14.2 Å². The Hall–Kier alpha value is -2.47. The van der Waals surface area contributed by atoms with E-state index in [-0.39, 0.29) is 23.6 Å². The predicted molar refractivity (Wildman–Crippen MR) is 122 cm³/mol. The molecule has 0 spiro atoms. The number of aryl methyl sites for hydroxylation is 1. The molecule has 2 heterocycles. The number of benzene rings is 1. The lowest BCUT2D eigenvalue weighted by molar-refractivity contribution is -0.137. The van der Waals surface area contributed by atoms with E-state index in [1.807, 2.05) is 56.0 Å². The average molecular weight is 424 g/mol. The van der Waals surface area contributed by atoms with Crippen LogP contribution in [-0.4, -0.2) is 25.9 Å². The van der Waals surface area contributed by atoms with Crippen molar-refractivity contribution in [2.75, 3.05) is 0 Å². The summed E-state index contributed by atoms with van der Waals surface area (Å²) in [5.74, 6) is 0.569. The monoisotopic (exact) mass is 423 g/mol. The van der Waals surface area contributed by atoms with E-state index in [0.717, 1.165) is 40.6 Å². The molecule has 0 bridgehead atoms. The van der Waals surface area contributed by atoms with Crippen LogP contribution in [0.3, 0.4) is 0 Å². The van der Waals surface area contributed by atoms with Crippen molar-refractivity contribution < 1.29 is 4.79 Å². The second kappa shape index (κ2) is 7.99. The summed E-state index contributed by atoms with van der Waals surface area (Å²) < 4.78 is 1.49. The van der Waals surface area contributed by atoms with E-state index in [1.54, 1.807) is 11.3 Å². The maximum absolute atomic E-state index is 13.3. The summed E-state index contributed by atoms with van der Waals surface area (Å²) >= 11 is 1.64. The summed E-state index contributed by atoms with van der Waals surface area (Å²) in [6.07, 6.45) is 4.58. The topological polar surface area (TPSA) is 55.2 Å². The van der Waals surface area contributed by atoms with Crippen LogP contribution in [0.4, 0.5) is 0 Å². The van der Waals surface area contributed by atoms with Crippen molar-refractivity contribution >= 4 is 27.5 Å². The number of carbonyl (C=O) groups excluding carboxylic acids is 1. The van der Waals surface area contributed by atoms with Gasteiger partial charge in [0.05, 0.1) is 11.7 Å². The van der Waals surface area contributed by atoms with Crippen LogP contribution in [-0.2, 0) is 30.7 Å². The molecule has 1 amide bonds. The number of hydrogen-bond acceptors (Lipinski definition) is 4. The van der Waals surface area contributed by atoms with Crippen LogP contribution in [0.25, 0.3) is 10.2 Å². The highest BCUT2D eigenvalue weighted by molar-refractivity contribution is 7.18. The van der Waals surface area contributed by atoms with Crippen molar-refractivity contribution in [1.82, 2.24) is 14.5 Å². The quantitative estimate of drug-likeness (QED) is 0.625. The number of rotatable bonds is 4. The molecular formula is C24H29N3O2S. The minimum atomic E-state index is -0.355. The van der Waals surface area contributed by atoms with Crippen molar-refractivity contribution in [2.45, 2.75) is 65.6 Å². The van der Waals surface area contributed by atoms with Gasteiger partial charge in [-0.15, -0.1) is 11.3 Å². The maximum Gasteiger partial charge on any atom is 0.262 e. The van der Waals surface area contributed by atoms with Gasteiger partial charge in [0.1, 0.15) is 11.4 Å². The van der Waals surface area contributed by atoms with Gasteiger partial charge in [-0.25, -0.2) is 4.98 Å². The van der Waals surface area contributed by atoms with Crippen LogP contribution in [0.15, 0.2) is 41.5 Å². The first kappa shape index (κ1) is 20.8. The van der Waals surface area contributed by atoms with Crippen LogP contribution >= 0.6 is 11.3 Å². The number of hydrogen-bond donors (Lipinski definition) is 0. The second-order valence-electron chi connectivity index (χ2n) is 9.35. The second-order valence-corrected chi connectivity index (χ2v) is 10.4. The van der Waals surface area contributed by atoms with Crippen molar-refractivity contribution in [2.24, 2.45) is 5.92 Å². The molecule has 1 aliphatic carbocycles. The Morgan fingerprint density at radius 1 is 1.27 bits per heavy atom. The van der Waals surface area contributed by atoms with Gasteiger partial charge in [-0.1, -0.05) is 37.3 Å². The van der Waals surface area contributed by atoms with Gasteiger partial charge < -0.3 is 4.90 Å². The molecule has 0 fully saturated rings. The summed E-state index contributed by atoms with van der Waals surface area (Å²) in [4.78, 5) is 35.0. The standard InChI is InChI=1S/C24H29N3O2S/c1-16-10-11-18-19(12-16)30-22-21(18)23(29)26(15-25-22)14-20(28)27(24(2,3)4)13-17-8-6-5-7-9-17/h5-9,15-16H,10-14H2,1-4H3. The summed E-state index contributed by atoms with van der Waals surface area (Å²) in [5.41, 5.74) is 1.78. The lowest BCUT2D eigenvalue weighted by Crippen LogP contribution is -2.47. The van der Waals surface area contributed by atoms with Gasteiger partial charge in [0.25, 0.3) is 5.56 Å². The largest absolute Gasteiger partial charge is 0.332 e. The van der Waals surface area contributed by atoms with Gasteiger partial charge in [0.15, 0.2) is 0 Å². The maximum atomic E-state index is 13.3. The molecule has 6 heteroatoms. The predicted octanol–water partition coefficient (Wildman–Crippen LogP) is 4.41. The molecule has 0 saturated heterocycles. The summed E-state index contributed by atoms with van der Waals surface area (Å²) in [6, 6.07) is 9.96. The average Bonchev–Trinajstić information content (AvgIpc) is 3.06. The Morgan fingerprint density at radius 3 is 2.70 bits per heavy atom. The zero-order chi connectivity index (χ0) is 21.5. The molecule has 3 aromatic rings. The molecule has 1 unspecified atom stereocenters. The molecule has 1 aromatic carbocycles. The zero-order valence-corrected chi connectivity index (χ0v) is 19.0. The third kappa shape index (κ3) is 4.06. The molecule has 1 aliphatic rings. The lowest BCUT2D eigenvalue weighted by atomic mass is 9.89. The number of amides is 1. The Morgan fingerprint density at radius 2 is 2.00 bits per heavy atom. The third-order valence-corrected chi connectivity index (χ3v) is 7.04. The molecular weight excluding hydrogens is 394 g/mol. The minimum Gasteiger partial charge on any atom is -0.332 e. The van der Waals surface area contributed by atoms with Crippen molar-refractivity contribution in [3.63, 3.8) is 0 Å². The first-order chi connectivity index (χ1) is 14.2. The molecule has 5 nitrogen and oxygen atoms in total. The fraction of sp³-hybridized carbons (Fsp3) is 0.458. The Labute approximate surface area is 181 Å². The van der Waals surface area contributed by atoms with Crippen LogP contribution in [0.5, 0.6) is 0 Å². The number of fused-ring (bicyclic) bond motifs is 3. The third-order valence-electron chi connectivity index (χ3n) is 5.88. The van der Waals surface area contributed by atoms with Crippen molar-refractivity contribution in [3.8, 4) is 0 Å². The number of nitrogens with zero attached hydrogens (tertiary/aromatic N) is 3. The normalized spacial score (nSPS) is 16.5. The van der Waals surface area contributed by atoms with E-state index in [2.05, 4.69) is 11.9 Å². The summed E-state index contributed by atoms with van der Waals surface area (Å²) in [6.45, 7) is 8.84. The van der Waals surface area contributed by atoms with Gasteiger partial charge in [-0.2, -0.15) is 0 Å². The molecule has 0 aliphatic heterocycles. The van der Waals surface area contributed by atoms with Gasteiger partial charge in [-0.05, 0) is 57.1 Å². The van der Waals surface area contributed by atoms with Crippen LogP contribution in [0.1, 0.15) is 50.1 Å². The molecule has 1 atom stereocenters. The van der Waals surface area contributed by atoms with Crippen molar-refractivity contribution in [3.05, 3.63) is 63.0 Å². The van der Waals surface area contributed by atoms with E-state index in [0.29, 0.717) is 12.5 Å². The van der Waals surface area contributed by atoms with Gasteiger partial charge >= 0.3 is 0 Å². The Balaban J connectivity index is 1.64. The molecule has 4 rings (SSSR count). The molecule has 0 radical (unpaired) electrons. The first-order valence-corrected chi connectivity index (χ1v) is 11.4. The first-order valence-electron chi connectivity index (χ1n) is 10.6. The minimum absolute atomic E-state index is 0.00684. The molecule has 2 aromatic heterocycles. The molecule has 158 valence electrons. The van der Waals surface area contributed by atoms with E-state index in [1.165, 1.54) is 15.8 Å². The van der Waals surface area contributed by atoms with Crippen LogP contribution < -0.4 is 5.56 Å². The van der Waals surface area contributed by atoms with Crippen LogP contribution in [0.2, 0.25) is 0 Å². The number of aromatic nitrogens is 2. The van der Waals surface area contributed by atoms with Gasteiger partial charge in [0.2, 0.25) is 5.91 Å². The fourth-order valence-corrected chi connectivity index (χ4v) is 5.52. The molecule has 30 heavy (non-hydrogen) atoms. The smallest absolute Gasteiger partial charge is 0.262 e. The molecule has 0 saturated carbocycles. The number of carbonyl (C=O) groups is 1. The van der Waals surface area contributed by atoms with E-state index >= 15 is 0 Å². The SMILES string of the molecule is CC1CCc2c(sc3ncn(CC(=O)N(Cc4ccccc4)C(C)(C)C)c(=O)c23)C1. The van der Waals surface area contributed by atoms with E-state index in [9.17, 15) is 9.59 Å². The highest BCUT2D eigenvalue weighted by Gasteiger charge is 2.28. The van der Waals surface area contributed by atoms with Crippen LogP contribution in [0, 0.1) is 5.92 Å². The Bertz CT molecular complexity index is 1130. The lowest BCUT2D eigenvalue weighted by Gasteiger charge is -2.36. The van der Waals surface area contributed by atoms with Crippen molar-refractivity contribution in [1.29, 1.82) is 0 Å². The van der Waals surface area contributed by atoms with Gasteiger partial charge in [0, 0.05) is 17.0 Å². The fourth-order valence-electron chi connectivity index (χ4n) is 4.18. The Kier molecular flexibility index (Phi) is 5.53. The highest BCUT2D eigenvalue weighted by atomic mass is 32.1. The summed E-state index contributed by atoms with van der Waals surface area (Å²) in [5, 5.41) is 0.725. The molecule has 0 N–H and O–H groups in total. The zero-order valence-electron chi connectivity index (χ0n) is 18.1. The summed E-state index contributed by atoms with van der Waals surface area (Å²) in [7, 11) is 0. The van der Waals surface area contributed by atoms with E-state index in [4.69, 9.17) is 0 Å². The number of thiophene rings is 1.